The summed E-state index contributed by atoms with van der Waals surface area (Å²) >= 11 is 0. The molecule has 1 N–H and O–H groups in total. The number of nitrogens with zero attached hydrogens (tertiary/aromatic N) is 6. The van der Waals surface area contributed by atoms with Crippen LogP contribution in [0.4, 0.5) is 20.4 Å². The number of nitrogens with one attached hydrogen (secondary N) is 1. The number of benzene rings is 2. The van der Waals surface area contributed by atoms with Gasteiger partial charge in [0.15, 0.2) is 0 Å². The number of piperazine rings is 1. The molecule has 2 aliphatic heterocycles. The summed E-state index contributed by atoms with van der Waals surface area (Å²) in [5.74, 6) is -0.728. The van der Waals surface area contributed by atoms with Gasteiger partial charge in [0.1, 0.15) is 17.3 Å². The first-order valence-electron chi connectivity index (χ1n) is 14.5. The van der Waals surface area contributed by atoms with E-state index in [4.69, 9.17) is 4.74 Å². The Kier molecular flexibility index (Phi) is 8.41. The Morgan fingerprint density at radius 2 is 1.74 bits per heavy atom. The second-order valence-corrected chi connectivity index (χ2v) is 10.8. The number of hydrogen-bond acceptors (Lipinski definition) is 7. The Balaban J connectivity index is 1.17. The van der Waals surface area contributed by atoms with E-state index < -0.39 is 11.6 Å². The van der Waals surface area contributed by atoms with E-state index in [2.05, 4.69) is 27.1 Å². The molecule has 2 aromatic heterocycles. The standard InChI is InChI=1S/C31H35F2N7O2/c1-2-37-8-10-39(11-9-37)29(41)17-22-4-3-5-24(16-22)35-31-34-20-23-6-7-40(30(23)36-31)25-18-27(32)26(28(33)19-25)21-38-12-14-42-15-13-38/h3-7,16,18-20H,2,8-15,17,21H2,1H3,(H,34,35,36). The minimum Gasteiger partial charge on any atom is -0.379 e. The smallest absolute Gasteiger partial charge is 0.229 e. The van der Waals surface area contributed by atoms with E-state index in [1.54, 1.807) is 17.0 Å². The highest BCUT2D eigenvalue weighted by Crippen LogP contribution is 2.25. The third kappa shape index (κ3) is 6.28. The number of fused-ring (bicyclic) bond motifs is 1. The van der Waals surface area contributed by atoms with Crippen molar-refractivity contribution in [2.45, 2.75) is 19.9 Å². The van der Waals surface area contributed by atoms with Crippen molar-refractivity contribution < 1.29 is 18.3 Å². The summed E-state index contributed by atoms with van der Waals surface area (Å²) in [5, 5.41) is 3.95. The first-order chi connectivity index (χ1) is 20.5. The fourth-order valence-corrected chi connectivity index (χ4v) is 5.54. The molecule has 0 bridgehead atoms. The van der Waals surface area contributed by atoms with Gasteiger partial charge in [-0.2, -0.15) is 4.98 Å². The van der Waals surface area contributed by atoms with Gasteiger partial charge in [0, 0.05) is 74.8 Å². The number of anilines is 2. The summed E-state index contributed by atoms with van der Waals surface area (Å²) in [5.41, 5.74) is 2.56. The lowest BCUT2D eigenvalue weighted by atomic mass is 10.1. The lowest BCUT2D eigenvalue weighted by molar-refractivity contribution is -0.132. The van der Waals surface area contributed by atoms with Gasteiger partial charge in [0.2, 0.25) is 11.9 Å². The van der Waals surface area contributed by atoms with Crippen LogP contribution in [-0.2, 0) is 22.5 Å². The number of likely N-dealkylation sites (N-methyl/N-ethyl adjacent to an activating group) is 1. The Morgan fingerprint density at radius 1 is 0.976 bits per heavy atom. The second-order valence-electron chi connectivity index (χ2n) is 10.8. The van der Waals surface area contributed by atoms with Crippen molar-refractivity contribution in [3.05, 3.63) is 77.6 Å². The van der Waals surface area contributed by atoms with Crippen molar-refractivity contribution >= 4 is 28.6 Å². The summed E-state index contributed by atoms with van der Waals surface area (Å²) in [4.78, 5) is 28.2. The lowest BCUT2D eigenvalue weighted by Crippen LogP contribution is -2.48. The van der Waals surface area contributed by atoms with Gasteiger partial charge in [0.25, 0.3) is 0 Å². The molecule has 4 aromatic rings. The Labute approximate surface area is 243 Å². The quantitative estimate of drug-likeness (QED) is 0.341. The highest BCUT2D eigenvalue weighted by molar-refractivity contribution is 5.80. The predicted molar refractivity (Wildman–Crippen MR) is 157 cm³/mol. The number of amides is 1. The molecule has 0 saturated carbocycles. The van der Waals surface area contributed by atoms with Crippen LogP contribution in [-0.4, -0.2) is 94.2 Å². The third-order valence-electron chi connectivity index (χ3n) is 8.03. The number of carbonyl (C=O) groups excluding carboxylic acids is 1. The molecule has 1 amide bonds. The van der Waals surface area contributed by atoms with E-state index in [0.717, 1.165) is 49.4 Å². The monoisotopic (exact) mass is 575 g/mol. The largest absolute Gasteiger partial charge is 0.379 e. The van der Waals surface area contributed by atoms with Gasteiger partial charge in [-0.1, -0.05) is 19.1 Å². The average Bonchev–Trinajstić information content (AvgIpc) is 3.43. The van der Waals surface area contributed by atoms with Crippen LogP contribution in [0.3, 0.4) is 0 Å². The number of ether oxygens (including phenoxy) is 1. The summed E-state index contributed by atoms with van der Waals surface area (Å²) in [7, 11) is 0. The van der Waals surface area contributed by atoms with E-state index >= 15 is 8.78 Å². The normalized spacial score (nSPS) is 16.7. The molecule has 0 unspecified atom stereocenters. The summed E-state index contributed by atoms with van der Waals surface area (Å²) in [6.45, 7) is 9.07. The van der Waals surface area contributed by atoms with Gasteiger partial charge < -0.3 is 24.4 Å². The zero-order chi connectivity index (χ0) is 29.1. The maximum Gasteiger partial charge on any atom is 0.229 e. The molecule has 4 heterocycles. The lowest BCUT2D eigenvalue weighted by Gasteiger charge is -2.34. The fourth-order valence-electron chi connectivity index (χ4n) is 5.54. The second kappa shape index (κ2) is 12.5. The van der Waals surface area contributed by atoms with Crippen LogP contribution < -0.4 is 5.32 Å². The van der Waals surface area contributed by atoms with Gasteiger partial charge in [-0.3, -0.25) is 9.69 Å². The number of hydrogen-bond donors (Lipinski definition) is 1. The van der Waals surface area contributed by atoms with E-state index in [-0.39, 0.29) is 18.0 Å². The van der Waals surface area contributed by atoms with Crippen LogP contribution in [0.1, 0.15) is 18.1 Å². The van der Waals surface area contributed by atoms with E-state index in [1.807, 2.05) is 40.1 Å². The number of morpholine rings is 1. The van der Waals surface area contributed by atoms with Crippen molar-refractivity contribution in [2.75, 3.05) is 64.3 Å². The molecule has 0 spiro atoms. The molecule has 9 nitrogen and oxygen atoms in total. The number of carbonyl (C=O) groups is 1. The minimum absolute atomic E-state index is 0.0516. The molecule has 2 saturated heterocycles. The van der Waals surface area contributed by atoms with Crippen molar-refractivity contribution in [2.24, 2.45) is 0 Å². The van der Waals surface area contributed by atoms with Crippen molar-refractivity contribution in [1.82, 2.24) is 29.2 Å². The summed E-state index contributed by atoms with van der Waals surface area (Å²) in [6.07, 6.45) is 3.72. The maximum absolute atomic E-state index is 15.1. The first kappa shape index (κ1) is 28.2. The highest BCUT2D eigenvalue weighted by Gasteiger charge is 2.21. The number of rotatable bonds is 8. The average molecular weight is 576 g/mol. The highest BCUT2D eigenvalue weighted by atomic mass is 19.1. The Morgan fingerprint density at radius 3 is 2.48 bits per heavy atom. The van der Waals surface area contributed by atoms with Gasteiger partial charge in [-0.25, -0.2) is 13.8 Å². The summed E-state index contributed by atoms with van der Waals surface area (Å²) < 4.78 is 37.2. The summed E-state index contributed by atoms with van der Waals surface area (Å²) in [6, 6.07) is 12.1. The van der Waals surface area contributed by atoms with Gasteiger partial charge in [-0.05, 0) is 42.4 Å². The van der Waals surface area contributed by atoms with E-state index in [9.17, 15) is 4.79 Å². The molecule has 2 aliphatic rings. The third-order valence-corrected chi connectivity index (χ3v) is 8.03. The molecule has 42 heavy (non-hydrogen) atoms. The number of halogens is 2. The van der Waals surface area contributed by atoms with Crippen LogP contribution in [0.5, 0.6) is 0 Å². The Bertz CT molecular complexity index is 1540. The molecule has 6 rings (SSSR count). The van der Waals surface area contributed by atoms with Crippen LogP contribution >= 0.6 is 0 Å². The van der Waals surface area contributed by atoms with Crippen LogP contribution in [0, 0.1) is 11.6 Å². The van der Waals surface area contributed by atoms with Gasteiger partial charge >= 0.3 is 0 Å². The van der Waals surface area contributed by atoms with Crippen LogP contribution in [0.15, 0.2) is 54.9 Å². The zero-order valence-electron chi connectivity index (χ0n) is 23.7. The number of aromatic nitrogens is 3. The van der Waals surface area contributed by atoms with Crippen LogP contribution in [0.25, 0.3) is 16.7 Å². The van der Waals surface area contributed by atoms with E-state index in [0.29, 0.717) is 50.0 Å². The SMILES string of the molecule is CCN1CCN(C(=O)Cc2cccc(Nc3ncc4ccn(-c5cc(F)c(CN6CCOCC6)c(F)c5)c4n3)c2)CC1. The molecule has 2 fully saturated rings. The minimum atomic E-state index is -0.593. The van der Waals surface area contributed by atoms with Crippen molar-refractivity contribution in [3.8, 4) is 5.69 Å². The van der Waals surface area contributed by atoms with E-state index in [1.165, 1.54) is 12.1 Å². The van der Waals surface area contributed by atoms with Gasteiger partial charge in [0.05, 0.1) is 25.3 Å². The fraction of sp³-hybridized carbons (Fsp3) is 0.387. The molecular formula is C31H35F2N7O2. The molecule has 220 valence electrons. The molecule has 0 atom stereocenters. The molecule has 11 heteroatoms. The zero-order valence-corrected chi connectivity index (χ0v) is 23.7. The molecular weight excluding hydrogens is 540 g/mol. The molecule has 2 aromatic carbocycles. The van der Waals surface area contributed by atoms with Gasteiger partial charge in [-0.15, -0.1) is 0 Å². The van der Waals surface area contributed by atoms with Crippen molar-refractivity contribution in [1.29, 1.82) is 0 Å². The van der Waals surface area contributed by atoms with Crippen LogP contribution in [0.2, 0.25) is 0 Å². The van der Waals surface area contributed by atoms with Crippen molar-refractivity contribution in [3.63, 3.8) is 0 Å². The predicted octanol–water partition coefficient (Wildman–Crippen LogP) is 3.98. The topological polar surface area (TPSA) is 78.8 Å². The molecule has 0 aliphatic carbocycles. The molecule has 0 radical (unpaired) electrons. The first-order valence-corrected chi connectivity index (χ1v) is 14.5. The Hall–Kier alpha value is -3.93. The maximum atomic E-state index is 15.1.